The predicted octanol–water partition coefficient (Wildman–Crippen LogP) is 1.67. The maximum absolute atomic E-state index is 13.7. The average Bonchev–Trinajstić information content (AvgIpc) is 3.02. The van der Waals surface area contributed by atoms with Crippen LogP contribution in [0.3, 0.4) is 0 Å². The van der Waals surface area contributed by atoms with Crippen LogP contribution in [-0.4, -0.2) is 53.1 Å². The number of fused-ring (bicyclic) bond motifs is 1. The molecule has 1 aromatic heterocycles. The van der Waals surface area contributed by atoms with Crippen LogP contribution in [0.2, 0.25) is 0 Å². The molecule has 1 amide bonds. The Labute approximate surface area is 133 Å². The zero-order valence-corrected chi connectivity index (χ0v) is 12.9. The standard InChI is InChI=1S/C16H21FN4O2/c17-11-8-13(15-14(9-11)19-10-20-15)16(22)21-5-2-12(3-6-21)23-7-1-4-18/h8-10,12H,1-7,18H2,(H,19,20). The molecular weight excluding hydrogens is 299 g/mol. The second-order valence-electron chi connectivity index (χ2n) is 5.76. The van der Waals surface area contributed by atoms with Crippen molar-refractivity contribution in [2.75, 3.05) is 26.2 Å². The van der Waals surface area contributed by atoms with Crippen LogP contribution in [-0.2, 0) is 4.74 Å². The third kappa shape index (κ3) is 3.51. The summed E-state index contributed by atoms with van der Waals surface area (Å²) < 4.78 is 19.4. The van der Waals surface area contributed by atoms with Crippen LogP contribution in [0.5, 0.6) is 0 Å². The summed E-state index contributed by atoms with van der Waals surface area (Å²) in [6.07, 6.45) is 4.06. The van der Waals surface area contributed by atoms with E-state index in [0.717, 1.165) is 19.3 Å². The third-order valence-electron chi connectivity index (χ3n) is 4.15. The molecule has 3 rings (SSSR count). The molecule has 1 aromatic carbocycles. The first-order valence-corrected chi connectivity index (χ1v) is 7.92. The van der Waals surface area contributed by atoms with E-state index in [1.807, 2.05) is 0 Å². The molecule has 124 valence electrons. The number of rotatable bonds is 5. The van der Waals surface area contributed by atoms with Crippen molar-refractivity contribution in [3.8, 4) is 0 Å². The minimum absolute atomic E-state index is 0.170. The van der Waals surface area contributed by atoms with Crippen LogP contribution < -0.4 is 5.73 Å². The van der Waals surface area contributed by atoms with Crippen LogP contribution in [0.4, 0.5) is 4.39 Å². The average molecular weight is 320 g/mol. The van der Waals surface area contributed by atoms with Gasteiger partial charge in [-0.05, 0) is 37.9 Å². The van der Waals surface area contributed by atoms with Crippen molar-refractivity contribution in [3.63, 3.8) is 0 Å². The fraction of sp³-hybridized carbons (Fsp3) is 0.500. The summed E-state index contributed by atoms with van der Waals surface area (Å²) in [5.74, 6) is -0.618. The number of imidazole rings is 1. The summed E-state index contributed by atoms with van der Waals surface area (Å²) in [4.78, 5) is 21.4. The lowest BCUT2D eigenvalue weighted by atomic mass is 10.1. The second-order valence-corrected chi connectivity index (χ2v) is 5.76. The van der Waals surface area contributed by atoms with Gasteiger partial charge in [0.25, 0.3) is 5.91 Å². The summed E-state index contributed by atoms with van der Waals surface area (Å²) in [5.41, 5.74) is 6.80. The predicted molar refractivity (Wildman–Crippen MR) is 84.6 cm³/mol. The van der Waals surface area contributed by atoms with E-state index >= 15 is 0 Å². The van der Waals surface area contributed by atoms with Crippen LogP contribution in [0.1, 0.15) is 29.6 Å². The zero-order valence-electron chi connectivity index (χ0n) is 12.9. The maximum atomic E-state index is 13.7. The van der Waals surface area contributed by atoms with E-state index in [0.29, 0.717) is 42.8 Å². The monoisotopic (exact) mass is 320 g/mol. The van der Waals surface area contributed by atoms with Crippen molar-refractivity contribution in [3.05, 3.63) is 29.8 Å². The number of amides is 1. The second kappa shape index (κ2) is 7.06. The number of hydrogen-bond donors (Lipinski definition) is 2. The molecule has 23 heavy (non-hydrogen) atoms. The number of nitrogens with two attached hydrogens (primary N) is 1. The molecule has 0 bridgehead atoms. The van der Waals surface area contributed by atoms with Crippen molar-refractivity contribution >= 4 is 16.9 Å². The normalized spacial score (nSPS) is 16.2. The van der Waals surface area contributed by atoms with E-state index in [1.165, 1.54) is 18.5 Å². The highest BCUT2D eigenvalue weighted by Crippen LogP contribution is 2.22. The number of benzene rings is 1. The number of halogens is 1. The Morgan fingerprint density at radius 1 is 1.43 bits per heavy atom. The van der Waals surface area contributed by atoms with Crippen molar-refractivity contribution in [1.29, 1.82) is 0 Å². The first kappa shape index (κ1) is 15.9. The first-order valence-electron chi connectivity index (χ1n) is 7.92. The number of aromatic nitrogens is 2. The molecule has 7 heteroatoms. The molecular formula is C16H21FN4O2. The van der Waals surface area contributed by atoms with Crippen molar-refractivity contribution < 1.29 is 13.9 Å². The lowest BCUT2D eigenvalue weighted by Gasteiger charge is -2.32. The molecule has 1 saturated heterocycles. The Balaban J connectivity index is 1.66. The van der Waals surface area contributed by atoms with Gasteiger partial charge in [-0.2, -0.15) is 0 Å². The summed E-state index contributed by atoms with van der Waals surface area (Å²) in [6, 6.07) is 2.60. The van der Waals surface area contributed by atoms with E-state index in [1.54, 1.807) is 4.90 Å². The highest BCUT2D eigenvalue weighted by atomic mass is 19.1. The van der Waals surface area contributed by atoms with Crippen molar-refractivity contribution in [1.82, 2.24) is 14.9 Å². The van der Waals surface area contributed by atoms with Gasteiger partial charge in [-0.25, -0.2) is 9.37 Å². The summed E-state index contributed by atoms with van der Waals surface area (Å²) in [6.45, 7) is 2.49. The molecule has 6 nitrogen and oxygen atoms in total. The Hall–Kier alpha value is -1.99. The molecule has 0 radical (unpaired) electrons. The highest BCUT2D eigenvalue weighted by Gasteiger charge is 2.26. The molecule has 0 spiro atoms. The number of carbonyl (C=O) groups is 1. The van der Waals surface area contributed by atoms with Crippen molar-refractivity contribution in [2.24, 2.45) is 5.73 Å². The van der Waals surface area contributed by atoms with Crippen LogP contribution in [0.25, 0.3) is 11.0 Å². The summed E-state index contributed by atoms with van der Waals surface area (Å²) in [5, 5.41) is 0. The smallest absolute Gasteiger partial charge is 0.256 e. The SMILES string of the molecule is NCCCOC1CCN(C(=O)c2cc(F)cc3[nH]cnc23)CC1. The van der Waals surface area contributed by atoms with Crippen LogP contribution in [0.15, 0.2) is 18.5 Å². The van der Waals surface area contributed by atoms with Gasteiger partial charge in [0.05, 0.1) is 23.5 Å². The zero-order chi connectivity index (χ0) is 16.2. The van der Waals surface area contributed by atoms with Gasteiger partial charge in [0, 0.05) is 19.7 Å². The Bertz CT molecular complexity index is 680. The molecule has 1 aliphatic rings. The lowest BCUT2D eigenvalue weighted by molar-refractivity contribution is 0.00848. The molecule has 0 aliphatic carbocycles. The summed E-state index contributed by atoms with van der Waals surface area (Å²) >= 11 is 0. The number of ether oxygens (including phenoxy) is 1. The fourth-order valence-electron chi connectivity index (χ4n) is 2.91. The van der Waals surface area contributed by atoms with Gasteiger partial charge in [-0.15, -0.1) is 0 Å². The topological polar surface area (TPSA) is 84.2 Å². The number of hydrogen-bond acceptors (Lipinski definition) is 4. The Morgan fingerprint density at radius 3 is 2.96 bits per heavy atom. The van der Waals surface area contributed by atoms with Gasteiger partial charge >= 0.3 is 0 Å². The minimum atomic E-state index is -0.440. The maximum Gasteiger partial charge on any atom is 0.256 e. The van der Waals surface area contributed by atoms with E-state index < -0.39 is 5.82 Å². The first-order chi connectivity index (χ1) is 11.2. The number of nitrogens with zero attached hydrogens (tertiary/aromatic N) is 2. The number of nitrogens with one attached hydrogen (secondary N) is 1. The number of aromatic amines is 1. The van der Waals surface area contributed by atoms with Crippen molar-refractivity contribution in [2.45, 2.75) is 25.4 Å². The van der Waals surface area contributed by atoms with E-state index in [4.69, 9.17) is 10.5 Å². The number of carbonyl (C=O) groups excluding carboxylic acids is 1. The molecule has 1 fully saturated rings. The van der Waals surface area contributed by atoms with Gasteiger partial charge in [0.2, 0.25) is 0 Å². The highest BCUT2D eigenvalue weighted by molar-refractivity contribution is 6.04. The molecule has 3 N–H and O–H groups in total. The van der Waals surface area contributed by atoms with Crippen LogP contribution >= 0.6 is 0 Å². The molecule has 1 aliphatic heterocycles. The van der Waals surface area contributed by atoms with Gasteiger partial charge in [0.1, 0.15) is 11.3 Å². The van der Waals surface area contributed by atoms with E-state index in [-0.39, 0.29) is 12.0 Å². The van der Waals surface area contributed by atoms with E-state index in [9.17, 15) is 9.18 Å². The minimum Gasteiger partial charge on any atom is -0.378 e. The van der Waals surface area contributed by atoms with Gasteiger partial charge in [-0.3, -0.25) is 4.79 Å². The largest absolute Gasteiger partial charge is 0.378 e. The fourth-order valence-corrected chi connectivity index (χ4v) is 2.91. The Morgan fingerprint density at radius 2 is 2.22 bits per heavy atom. The Kier molecular flexibility index (Phi) is 4.88. The van der Waals surface area contributed by atoms with Gasteiger partial charge in [-0.1, -0.05) is 0 Å². The lowest BCUT2D eigenvalue weighted by Crippen LogP contribution is -2.41. The quantitative estimate of drug-likeness (QED) is 0.821. The molecule has 2 heterocycles. The van der Waals surface area contributed by atoms with Gasteiger partial charge < -0.3 is 20.4 Å². The van der Waals surface area contributed by atoms with Gasteiger partial charge in [0.15, 0.2) is 0 Å². The van der Waals surface area contributed by atoms with E-state index in [2.05, 4.69) is 9.97 Å². The molecule has 0 unspecified atom stereocenters. The number of H-pyrrole nitrogens is 1. The molecule has 0 saturated carbocycles. The molecule has 0 atom stereocenters. The third-order valence-corrected chi connectivity index (χ3v) is 4.15. The summed E-state index contributed by atoms with van der Waals surface area (Å²) in [7, 11) is 0. The number of likely N-dealkylation sites (tertiary alicyclic amines) is 1. The number of piperidine rings is 1. The van der Waals surface area contributed by atoms with Crippen LogP contribution in [0, 0.1) is 5.82 Å². The molecule has 2 aromatic rings.